The molecule has 1 unspecified atom stereocenters. The molecule has 2 fully saturated rings. The molecule has 0 aromatic heterocycles. The predicted octanol–water partition coefficient (Wildman–Crippen LogP) is 1.85. The Morgan fingerprint density at radius 2 is 1.95 bits per heavy atom. The van der Waals surface area contributed by atoms with Crippen molar-refractivity contribution in [2.75, 3.05) is 6.54 Å². The highest BCUT2D eigenvalue weighted by Crippen LogP contribution is 2.49. The summed E-state index contributed by atoms with van der Waals surface area (Å²) in [6.45, 7) is 0.623. The van der Waals surface area contributed by atoms with E-state index in [0.717, 1.165) is 12.8 Å². The van der Waals surface area contributed by atoms with E-state index in [4.69, 9.17) is 0 Å². The van der Waals surface area contributed by atoms with Gasteiger partial charge in [0.2, 0.25) is 11.8 Å². The maximum atomic E-state index is 13.7. The van der Waals surface area contributed by atoms with Crippen LogP contribution in [0, 0.1) is 17.6 Å². The molecule has 2 amide bonds. The van der Waals surface area contributed by atoms with Gasteiger partial charge in [-0.25, -0.2) is 8.78 Å². The van der Waals surface area contributed by atoms with Gasteiger partial charge in [-0.3, -0.25) is 9.59 Å². The summed E-state index contributed by atoms with van der Waals surface area (Å²) in [7, 11) is 0. The standard InChI is InChI=1S/C16H18F2N2O2/c17-11-4-3-5-12(18)14(11)9-8-10(9)15(21)20-13-6-1-2-7-19-16(13)22/h3-5,9-10,13H,1-2,6-8H2,(H,19,22)(H,20,21)/t9-,10-,13?/m1/s1. The molecule has 4 nitrogen and oxygen atoms in total. The van der Waals surface area contributed by atoms with E-state index in [1.54, 1.807) is 0 Å². The topological polar surface area (TPSA) is 58.2 Å². The first-order valence-corrected chi connectivity index (χ1v) is 7.60. The van der Waals surface area contributed by atoms with Crippen molar-refractivity contribution < 1.29 is 18.4 Å². The van der Waals surface area contributed by atoms with E-state index in [1.165, 1.54) is 18.2 Å². The first kappa shape index (κ1) is 14.9. The van der Waals surface area contributed by atoms with Crippen molar-refractivity contribution in [1.82, 2.24) is 10.6 Å². The zero-order valence-corrected chi connectivity index (χ0v) is 12.1. The van der Waals surface area contributed by atoms with Crippen LogP contribution in [-0.4, -0.2) is 24.4 Å². The Hall–Kier alpha value is -1.98. The van der Waals surface area contributed by atoms with Crippen molar-refractivity contribution in [3.05, 3.63) is 35.4 Å². The largest absolute Gasteiger partial charge is 0.354 e. The lowest BCUT2D eigenvalue weighted by atomic mass is 10.1. The normalized spacial score (nSPS) is 27.7. The summed E-state index contributed by atoms with van der Waals surface area (Å²) >= 11 is 0. The number of nitrogens with one attached hydrogen (secondary N) is 2. The van der Waals surface area contributed by atoms with E-state index < -0.39 is 29.5 Å². The molecule has 22 heavy (non-hydrogen) atoms. The summed E-state index contributed by atoms with van der Waals surface area (Å²) in [5.74, 6) is -2.60. The summed E-state index contributed by atoms with van der Waals surface area (Å²) < 4.78 is 27.4. The zero-order valence-electron chi connectivity index (χ0n) is 12.1. The van der Waals surface area contributed by atoms with E-state index in [2.05, 4.69) is 10.6 Å². The summed E-state index contributed by atoms with van der Waals surface area (Å²) in [6, 6.07) is 3.16. The van der Waals surface area contributed by atoms with Crippen LogP contribution in [0.2, 0.25) is 0 Å². The van der Waals surface area contributed by atoms with Crippen molar-refractivity contribution in [2.45, 2.75) is 37.6 Å². The highest BCUT2D eigenvalue weighted by molar-refractivity contribution is 5.90. The molecule has 0 bridgehead atoms. The minimum absolute atomic E-state index is 0.0204. The molecule has 2 N–H and O–H groups in total. The number of hydrogen-bond acceptors (Lipinski definition) is 2. The van der Waals surface area contributed by atoms with Gasteiger partial charge in [-0.1, -0.05) is 6.07 Å². The lowest BCUT2D eigenvalue weighted by molar-refractivity contribution is -0.129. The second kappa shape index (κ2) is 6.02. The molecule has 118 valence electrons. The van der Waals surface area contributed by atoms with Crippen molar-refractivity contribution in [3.8, 4) is 0 Å². The molecule has 1 saturated carbocycles. The average molecular weight is 308 g/mol. The van der Waals surface area contributed by atoms with E-state index in [1.807, 2.05) is 0 Å². The van der Waals surface area contributed by atoms with Gasteiger partial charge in [-0.2, -0.15) is 0 Å². The molecule has 1 aliphatic heterocycles. The summed E-state index contributed by atoms with van der Waals surface area (Å²) in [6.07, 6.45) is 2.77. The van der Waals surface area contributed by atoms with Gasteiger partial charge in [0, 0.05) is 23.9 Å². The van der Waals surface area contributed by atoms with Crippen LogP contribution in [0.1, 0.15) is 37.2 Å². The number of rotatable bonds is 3. The van der Waals surface area contributed by atoms with E-state index >= 15 is 0 Å². The second-order valence-electron chi connectivity index (χ2n) is 5.93. The summed E-state index contributed by atoms with van der Waals surface area (Å²) in [5, 5.41) is 5.46. The van der Waals surface area contributed by atoms with Crippen molar-refractivity contribution in [2.24, 2.45) is 5.92 Å². The smallest absolute Gasteiger partial charge is 0.242 e. The molecule has 1 aromatic rings. The Morgan fingerprint density at radius 1 is 1.23 bits per heavy atom. The number of carbonyl (C=O) groups is 2. The first-order valence-electron chi connectivity index (χ1n) is 7.60. The van der Waals surface area contributed by atoms with Crippen LogP contribution in [0.15, 0.2) is 18.2 Å². The maximum absolute atomic E-state index is 13.7. The number of hydrogen-bond donors (Lipinski definition) is 2. The molecular formula is C16H18F2N2O2. The van der Waals surface area contributed by atoms with Gasteiger partial charge >= 0.3 is 0 Å². The van der Waals surface area contributed by atoms with Crippen LogP contribution in [0.25, 0.3) is 0 Å². The second-order valence-corrected chi connectivity index (χ2v) is 5.93. The first-order chi connectivity index (χ1) is 10.6. The number of halogens is 2. The fraction of sp³-hybridized carbons (Fsp3) is 0.500. The molecule has 3 rings (SSSR count). The van der Waals surface area contributed by atoms with Gasteiger partial charge in [0.25, 0.3) is 0 Å². The Balaban J connectivity index is 1.64. The van der Waals surface area contributed by atoms with Crippen LogP contribution in [0.5, 0.6) is 0 Å². The zero-order chi connectivity index (χ0) is 15.7. The monoisotopic (exact) mass is 308 g/mol. The average Bonchev–Trinajstić information content (AvgIpc) is 3.26. The molecule has 0 radical (unpaired) electrons. The van der Waals surface area contributed by atoms with Gasteiger partial charge in [-0.15, -0.1) is 0 Å². The molecule has 3 atom stereocenters. The van der Waals surface area contributed by atoms with E-state index in [0.29, 0.717) is 19.4 Å². The Bertz CT molecular complexity index is 586. The molecule has 1 saturated heterocycles. The quantitative estimate of drug-likeness (QED) is 0.895. The minimum Gasteiger partial charge on any atom is -0.354 e. The van der Waals surface area contributed by atoms with Crippen LogP contribution >= 0.6 is 0 Å². The molecule has 2 aliphatic rings. The van der Waals surface area contributed by atoms with Crippen molar-refractivity contribution in [1.29, 1.82) is 0 Å². The number of carbonyl (C=O) groups excluding carboxylic acids is 2. The molecule has 1 heterocycles. The van der Waals surface area contributed by atoms with Crippen LogP contribution < -0.4 is 10.6 Å². The fourth-order valence-electron chi connectivity index (χ4n) is 3.02. The molecular weight excluding hydrogens is 290 g/mol. The summed E-state index contributed by atoms with van der Waals surface area (Å²) in [5.41, 5.74) is -0.0204. The summed E-state index contributed by atoms with van der Waals surface area (Å²) in [4.78, 5) is 24.0. The van der Waals surface area contributed by atoms with Crippen LogP contribution in [0.3, 0.4) is 0 Å². The molecule has 6 heteroatoms. The lowest BCUT2D eigenvalue weighted by Crippen LogP contribution is -2.46. The third kappa shape index (κ3) is 2.96. The van der Waals surface area contributed by atoms with Gasteiger partial charge < -0.3 is 10.6 Å². The third-order valence-electron chi connectivity index (χ3n) is 4.35. The van der Waals surface area contributed by atoms with E-state index in [9.17, 15) is 18.4 Å². The molecule has 1 aliphatic carbocycles. The molecule has 1 aromatic carbocycles. The van der Waals surface area contributed by atoms with Gasteiger partial charge in [0.15, 0.2) is 0 Å². The van der Waals surface area contributed by atoms with Gasteiger partial charge in [0.1, 0.15) is 17.7 Å². The van der Waals surface area contributed by atoms with Gasteiger partial charge in [-0.05, 0) is 37.8 Å². The lowest BCUT2D eigenvalue weighted by Gasteiger charge is -2.15. The maximum Gasteiger partial charge on any atom is 0.242 e. The minimum atomic E-state index is -0.618. The van der Waals surface area contributed by atoms with Crippen LogP contribution in [0.4, 0.5) is 8.78 Å². The van der Waals surface area contributed by atoms with E-state index in [-0.39, 0.29) is 17.4 Å². The highest BCUT2D eigenvalue weighted by atomic mass is 19.1. The Kier molecular flexibility index (Phi) is 4.09. The van der Waals surface area contributed by atoms with Gasteiger partial charge in [0.05, 0.1) is 0 Å². The predicted molar refractivity (Wildman–Crippen MR) is 76.0 cm³/mol. The number of benzene rings is 1. The van der Waals surface area contributed by atoms with Crippen molar-refractivity contribution >= 4 is 11.8 Å². The third-order valence-corrected chi connectivity index (χ3v) is 4.35. The van der Waals surface area contributed by atoms with Crippen molar-refractivity contribution in [3.63, 3.8) is 0 Å². The fourth-order valence-corrected chi connectivity index (χ4v) is 3.02. The number of amides is 2. The SMILES string of the molecule is O=C1NCCCCC1NC(=O)[C@@H]1C[C@H]1c1c(F)cccc1F. The van der Waals surface area contributed by atoms with Crippen LogP contribution in [-0.2, 0) is 9.59 Å². The Labute approximate surface area is 127 Å². The molecule has 0 spiro atoms. The Morgan fingerprint density at radius 3 is 2.68 bits per heavy atom. The highest BCUT2D eigenvalue weighted by Gasteiger charge is 2.47.